The maximum absolute atomic E-state index is 13.6. The number of benzene rings is 3. The van der Waals surface area contributed by atoms with Crippen LogP contribution in [0.2, 0.25) is 0 Å². The normalized spacial score (nSPS) is 16.5. The fraction of sp³-hybridized carbons (Fsp3) is 0.296. The summed E-state index contributed by atoms with van der Waals surface area (Å²) < 4.78 is 44.0. The maximum atomic E-state index is 13.6. The number of nitrogens with zero attached hydrogens (tertiary/aromatic N) is 3. The number of hydrogen-bond donors (Lipinski definition) is 0. The van der Waals surface area contributed by atoms with E-state index in [4.69, 9.17) is 0 Å². The molecule has 1 saturated heterocycles. The summed E-state index contributed by atoms with van der Waals surface area (Å²) in [6, 6.07) is 19.0. The van der Waals surface area contributed by atoms with Gasteiger partial charge in [0.15, 0.2) is 0 Å². The van der Waals surface area contributed by atoms with E-state index in [1.165, 1.54) is 33.5 Å². The van der Waals surface area contributed by atoms with Gasteiger partial charge in [-0.3, -0.25) is 9.13 Å². The maximum Gasteiger partial charge on any atom is 0.416 e. The molecule has 7 heteroatoms. The molecule has 0 saturated carbocycles. The minimum Gasteiger partial charge on any atom is -0.369 e. The lowest BCUT2D eigenvalue weighted by Crippen LogP contribution is -2.30. The van der Waals surface area contributed by atoms with Crippen LogP contribution in [0.1, 0.15) is 34.7 Å². The molecule has 34 heavy (non-hydrogen) atoms. The van der Waals surface area contributed by atoms with E-state index in [2.05, 4.69) is 30.9 Å². The molecule has 0 unspecified atom stereocenters. The molecule has 1 fully saturated rings. The topological polar surface area (TPSA) is 30.2 Å². The van der Waals surface area contributed by atoms with Gasteiger partial charge in [-0.25, -0.2) is 4.79 Å². The average Bonchev–Trinajstić information content (AvgIpc) is 3.36. The van der Waals surface area contributed by atoms with Crippen LogP contribution in [-0.2, 0) is 12.7 Å². The number of imidazole rings is 1. The van der Waals surface area contributed by atoms with Gasteiger partial charge < -0.3 is 4.90 Å². The van der Waals surface area contributed by atoms with Gasteiger partial charge in [0.05, 0.1) is 29.2 Å². The van der Waals surface area contributed by atoms with Gasteiger partial charge >= 0.3 is 11.9 Å². The second-order valence-electron chi connectivity index (χ2n) is 9.01. The van der Waals surface area contributed by atoms with Gasteiger partial charge in [0.1, 0.15) is 0 Å². The smallest absolute Gasteiger partial charge is 0.369 e. The summed E-state index contributed by atoms with van der Waals surface area (Å²) in [5.74, 6) is 0. The van der Waals surface area contributed by atoms with Crippen molar-refractivity contribution in [3.8, 4) is 0 Å². The highest BCUT2D eigenvalue weighted by Gasteiger charge is 2.34. The zero-order valence-electron chi connectivity index (χ0n) is 19.1. The van der Waals surface area contributed by atoms with Crippen molar-refractivity contribution in [2.75, 3.05) is 18.0 Å². The van der Waals surface area contributed by atoms with E-state index in [0.29, 0.717) is 12.1 Å². The molecule has 4 nitrogen and oxygen atoms in total. The quantitative estimate of drug-likeness (QED) is 0.374. The Morgan fingerprint density at radius 1 is 0.882 bits per heavy atom. The Bertz CT molecular complexity index is 1400. The van der Waals surface area contributed by atoms with Crippen molar-refractivity contribution in [1.29, 1.82) is 0 Å². The lowest BCUT2D eigenvalue weighted by Gasteiger charge is -2.23. The number of fused-ring (bicyclic) bond motifs is 1. The summed E-state index contributed by atoms with van der Waals surface area (Å²) in [7, 11) is 0. The summed E-state index contributed by atoms with van der Waals surface area (Å²) in [6.07, 6.45) is -3.68. The first kappa shape index (κ1) is 22.3. The Kier molecular flexibility index (Phi) is 5.50. The van der Waals surface area contributed by atoms with Gasteiger partial charge in [-0.2, -0.15) is 13.2 Å². The predicted octanol–water partition coefficient (Wildman–Crippen LogP) is 5.94. The van der Waals surface area contributed by atoms with Crippen LogP contribution in [0.3, 0.4) is 0 Å². The van der Waals surface area contributed by atoms with Gasteiger partial charge in [-0.15, -0.1) is 0 Å². The molecule has 176 valence electrons. The Morgan fingerprint density at radius 3 is 2.24 bits per heavy atom. The first-order valence-electron chi connectivity index (χ1n) is 11.4. The summed E-state index contributed by atoms with van der Waals surface area (Å²) >= 11 is 0. The zero-order valence-corrected chi connectivity index (χ0v) is 19.1. The third-order valence-corrected chi connectivity index (χ3v) is 6.80. The van der Waals surface area contributed by atoms with Gasteiger partial charge in [0.25, 0.3) is 0 Å². The van der Waals surface area contributed by atoms with Crippen molar-refractivity contribution >= 4 is 16.7 Å². The van der Waals surface area contributed by atoms with E-state index in [9.17, 15) is 18.0 Å². The molecule has 2 heterocycles. The second kappa shape index (κ2) is 8.38. The number of halogens is 3. The number of hydrogen-bond acceptors (Lipinski definition) is 2. The molecule has 5 rings (SSSR count). The number of alkyl halides is 3. The van der Waals surface area contributed by atoms with E-state index < -0.39 is 11.7 Å². The first-order chi connectivity index (χ1) is 16.3. The Morgan fingerprint density at radius 2 is 1.53 bits per heavy atom. The molecular formula is C27H26F3N3O. The molecule has 0 bridgehead atoms. The van der Waals surface area contributed by atoms with E-state index in [1.54, 1.807) is 10.6 Å². The molecule has 1 aliphatic heterocycles. The van der Waals surface area contributed by atoms with Crippen molar-refractivity contribution in [1.82, 2.24) is 9.13 Å². The summed E-state index contributed by atoms with van der Waals surface area (Å²) in [5, 5.41) is 0. The second-order valence-corrected chi connectivity index (χ2v) is 9.01. The van der Waals surface area contributed by atoms with Crippen molar-refractivity contribution in [3.05, 3.63) is 99.5 Å². The number of para-hydroxylation sites is 3. The molecule has 0 spiro atoms. The average molecular weight is 466 g/mol. The molecule has 0 aliphatic carbocycles. The van der Waals surface area contributed by atoms with Crippen LogP contribution >= 0.6 is 0 Å². The zero-order chi connectivity index (χ0) is 24.0. The number of rotatable bonds is 4. The first-order valence-corrected chi connectivity index (χ1v) is 11.4. The lowest BCUT2D eigenvalue weighted by molar-refractivity contribution is -0.138. The minimum atomic E-state index is -4.48. The van der Waals surface area contributed by atoms with Crippen LogP contribution in [0.25, 0.3) is 11.0 Å². The monoisotopic (exact) mass is 465 g/mol. The SMILES string of the molecule is Cc1cccc(C)c1N1CC[C@H](n2c(=O)n(Cc3ccccc3C(F)(F)F)c3ccccc32)C1. The van der Waals surface area contributed by atoms with E-state index >= 15 is 0 Å². The fourth-order valence-electron chi connectivity index (χ4n) is 5.30. The third kappa shape index (κ3) is 3.79. The van der Waals surface area contributed by atoms with Crippen molar-refractivity contribution in [2.24, 2.45) is 0 Å². The molecule has 4 aromatic rings. The highest BCUT2D eigenvalue weighted by atomic mass is 19.4. The summed E-state index contributed by atoms with van der Waals surface area (Å²) in [5.41, 5.74) is 4.09. The molecule has 1 aliphatic rings. The molecule has 1 atom stereocenters. The highest BCUT2D eigenvalue weighted by Crippen LogP contribution is 2.34. The highest BCUT2D eigenvalue weighted by molar-refractivity contribution is 5.76. The Hall–Kier alpha value is -3.48. The van der Waals surface area contributed by atoms with Crippen LogP contribution in [0.15, 0.2) is 71.5 Å². The predicted molar refractivity (Wildman–Crippen MR) is 129 cm³/mol. The van der Waals surface area contributed by atoms with Gasteiger partial charge in [-0.05, 0) is 55.2 Å². The summed E-state index contributed by atoms with van der Waals surface area (Å²) in [6.45, 7) is 5.55. The van der Waals surface area contributed by atoms with E-state index in [-0.39, 0.29) is 23.8 Å². The number of aromatic nitrogens is 2. The van der Waals surface area contributed by atoms with E-state index in [1.807, 2.05) is 30.3 Å². The van der Waals surface area contributed by atoms with E-state index in [0.717, 1.165) is 24.5 Å². The molecule has 3 aromatic carbocycles. The van der Waals surface area contributed by atoms with Crippen molar-refractivity contribution < 1.29 is 13.2 Å². The largest absolute Gasteiger partial charge is 0.416 e. The van der Waals surface area contributed by atoms with Crippen LogP contribution in [-0.4, -0.2) is 22.2 Å². The van der Waals surface area contributed by atoms with Gasteiger partial charge in [0, 0.05) is 18.8 Å². The third-order valence-electron chi connectivity index (χ3n) is 6.80. The Balaban J connectivity index is 1.56. The lowest BCUT2D eigenvalue weighted by atomic mass is 10.1. The Labute approximate surface area is 195 Å². The minimum absolute atomic E-state index is 0.0597. The molecular weight excluding hydrogens is 439 g/mol. The van der Waals surface area contributed by atoms with Crippen LogP contribution < -0.4 is 10.6 Å². The van der Waals surface area contributed by atoms with Gasteiger partial charge in [-0.1, -0.05) is 48.5 Å². The molecule has 0 radical (unpaired) electrons. The van der Waals surface area contributed by atoms with Crippen LogP contribution in [0.4, 0.5) is 18.9 Å². The number of anilines is 1. The van der Waals surface area contributed by atoms with Gasteiger partial charge in [0.2, 0.25) is 0 Å². The van der Waals surface area contributed by atoms with Crippen LogP contribution in [0.5, 0.6) is 0 Å². The van der Waals surface area contributed by atoms with Crippen molar-refractivity contribution in [2.45, 2.75) is 39.0 Å². The van der Waals surface area contributed by atoms with Crippen LogP contribution in [0, 0.1) is 13.8 Å². The fourth-order valence-corrected chi connectivity index (χ4v) is 5.30. The molecule has 1 aromatic heterocycles. The summed E-state index contributed by atoms with van der Waals surface area (Å²) in [4.78, 5) is 16.0. The standard InChI is InChI=1S/C27H26F3N3O/c1-18-8-7-9-19(2)25(18)31-15-14-21(17-31)33-24-13-6-5-12-23(24)32(26(33)34)16-20-10-3-4-11-22(20)27(28,29)30/h3-13,21H,14-17H2,1-2H3/t21-/m0/s1. The van der Waals surface area contributed by atoms with Crippen molar-refractivity contribution in [3.63, 3.8) is 0 Å². The number of aryl methyl sites for hydroxylation is 2. The molecule has 0 amide bonds. The molecule has 0 N–H and O–H groups in total.